The Morgan fingerprint density at radius 2 is 2.15 bits per heavy atom. The van der Waals surface area contributed by atoms with Gasteiger partial charge in [-0.3, -0.25) is 0 Å². The van der Waals surface area contributed by atoms with Crippen LogP contribution < -0.4 is 10.5 Å². The van der Waals surface area contributed by atoms with E-state index in [2.05, 4.69) is 0 Å². The zero-order valence-corrected chi connectivity index (χ0v) is 13.9. The third-order valence-electron chi connectivity index (χ3n) is 3.96. The number of hydrogen-bond acceptors (Lipinski definition) is 4. The first-order valence-electron chi connectivity index (χ1n) is 6.61. The molecular weight excluding hydrogens is 294 g/mol. The summed E-state index contributed by atoms with van der Waals surface area (Å²) < 4.78 is 5.26. The smallest absolute Gasteiger partial charge is 0.119 e. The second kappa shape index (κ2) is 6.56. The van der Waals surface area contributed by atoms with Crippen LogP contribution in [0.1, 0.15) is 25.8 Å². The molecule has 1 aliphatic rings. The average molecular weight is 318 g/mol. The van der Waals surface area contributed by atoms with Crippen molar-refractivity contribution in [1.29, 1.82) is 0 Å². The molecule has 0 aliphatic carbocycles. The van der Waals surface area contributed by atoms with Crippen LogP contribution in [-0.4, -0.2) is 29.3 Å². The summed E-state index contributed by atoms with van der Waals surface area (Å²) >= 11 is 1.87. The maximum atomic E-state index is 11.2. The largest absolute Gasteiger partial charge is 0.497 e. The number of aliphatic hydroxyl groups is 1. The normalized spacial score (nSPS) is 26.8. The van der Waals surface area contributed by atoms with E-state index in [0.717, 1.165) is 29.2 Å². The van der Waals surface area contributed by atoms with Crippen LogP contribution in [0.3, 0.4) is 0 Å². The highest BCUT2D eigenvalue weighted by molar-refractivity contribution is 7.99. The molecule has 0 radical (unpaired) electrons. The van der Waals surface area contributed by atoms with Gasteiger partial charge in [0.05, 0.1) is 12.7 Å². The van der Waals surface area contributed by atoms with Gasteiger partial charge in [-0.1, -0.05) is 12.1 Å². The van der Waals surface area contributed by atoms with Gasteiger partial charge in [-0.05, 0) is 43.7 Å². The predicted molar refractivity (Wildman–Crippen MR) is 87.8 cm³/mol. The van der Waals surface area contributed by atoms with Gasteiger partial charge in [-0.2, -0.15) is 11.8 Å². The molecule has 1 saturated heterocycles. The van der Waals surface area contributed by atoms with E-state index >= 15 is 0 Å². The van der Waals surface area contributed by atoms with Gasteiger partial charge in [0, 0.05) is 17.2 Å². The molecule has 114 valence electrons. The summed E-state index contributed by atoms with van der Waals surface area (Å²) in [7, 11) is 1.64. The summed E-state index contributed by atoms with van der Waals surface area (Å²) in [5, 5.41) is 11.2. The van der Waals surface area contributed by atoms with E-state index in [1.165, 1.54) is 0 Å². The standard InChI is InChI=1S/C15H23NO2S.ClH/c1-14(2,16)13-10-19-8-7-15(13,17)11-5-4-6-12(9-11)18-3;/h4-6,9,13,17H,7-8,10,16H2,1-3H3;1H/t13-,15-;/m1./s1. The van der Waals surface area contributed by atoms with Crippen molar-refractivity contribution in [1.82, 2.24) is 0 Å². The molecule has 5 heteroatoms. The summed E-state index contributed by atoms with van der Waals surface area (Å²) in [4.78, 5) is 0. The van der Waals surface area contributed by atoms with Crippen LogP contribution in [0.4, 0.5) is 0 Å². The topological polar surface area (TPSA) is 55.5 Å². The third-order valence-corrected chi connectivity index (χ3v) is 5.02. The molecule has 0 bridgehead atoms. The highest BCUT2D eigenvalue weighted by Crippen LogP contribution is 2.45. The van der Waals surface area contributed by atoms with Gasteiger partial charge in [-0.25, -0.2) is 0 Å². The fourth-order valence-electron chi connectivity index (χ4n) is 2.81. The Labute approximate surface area is 131 Å². The fraction of sp³-hybridized carbons (Fsp3) is 0.600. The van der Waals surface area contributed by atoms with Gasteiger partial charge in [-0.15, -0.1) is 12.4 Å². The minimum Gasteiger partial charge on any atom is -0.497 e. The fourth-order valence-corrected chi connectivity index (χ4v) is 4.37. The second-order valence-electron chi connectivity index (χ2n) is 5.86. The molecule has 1 aliphatic heterocycles. The number of methoxy groups -OCH3 is 1. The molecule has 3 N–H and O–H groups in total. The molecule has 2 atom stereocenters. The number of thioether (sulfide) groups is 1. The molecule has 1 fully saturated rings. The van der Waals surface area contributed by atoms with E-state index in [1.54, 1.807) is 7.11 Å². The minimum absolute atomic E-state index is 0. The lowest BCUT2D eigenvalue weighted by molar-refractivity contribution is -0.0455. The van der Waals surface area contributed by atoms with E-state index in [1.807, 2.05) is 49.9 Å². The molecule has 0 unspecified atom stereocenters. The van der Waals surface area contributed by atoms with E-state index in [0.29, 0.717) is 0 Å². The van der Waals surface area contributed by atoms with Crippen LogP contribution in [-0.2, 0) is 5.60 Å². The maximum absolute atomic E-state index is 11.2. The van der Waals surface area contributed by atoms with Crippen LogP contribution >= 0.6 is 24.2 Å². The molecule has 20 heavy (non-hydrogen) atoms. The van der Waals surface area contributed by atoms with Crippen molar-refractivity contribution in [2.75, 3.05) is 18.6 Å². The Hall–Kier alpha value is -0.420. The molecule has 0 spiro atoms. The van der Waals surface area contributed by atoms with E-state index in [4.69, 9.17) is 10.5 Å². The molecule has 0 saturated carbocycles. The minimum atomic E-state index is -0.863. The molecule has 1 aromatic rings. The third kappa shape index (κ3) is 3.42. The summed E-state index contributed by atoms with van der Waals surface area (Å²) in [5.41, 5.74) is 5.93. The Bertz CT molecular complexity index is 450. The van der Waals surface area contributed by atoms with Crippen LogP contribution in [0.5, 0.6) is 5.75 Å². The molecule has 0 aromatic heterocycles. The first kappa shape index (κ1) is 17.6. The number of nitrogens with two attached hydrogens (primary N) is 1. The molecule has 2 rings (SSSR count). The Morgan fingerprint density at radius 1 is 1.45 bits per heavy atom. The van der Waals surface area contributed by atoms with Gasteiger partial charge in [0.15, 0.2) is 0 Å². The Kier molecular flexibility index (Phi) is 5.79. The summed E-state index contributed by atoms with van der Waals surface area (Å²) in [6.45, 7) is 3.99. The number of rotatable bonds is 3. The van der Waals surface area contributed by atoms with Crippen molar-refractivity contribution in [3.05, 3.63) is 29.8 Å². The van der Waals surface area contributed by atoms with Crippen LogP contribution in [0.15, 0.2) is 24.3 Å². The SMILES string of the molecule is COc1cccc([C@]2(O)CCSC[C@@H]2C(C)(C)N)c1.Cl. The van der Waals surface area contributed by atoms with E-state index < -0.39 is 11.1 Å². The van der Waals surface area contributed by atoms with Crippen molar-refractivity contribution in [3.63, 3.8) is 0 Å². The average Bonchev–Trinajstić information content (AvgIpc) is 2.38. The van der Waals surface area contributed by atoms with Crippen LogP contribution in [0, 0.1) is 5.92 Å². The zero-order chi connectivity index (χ0) is 14.1. The van der Waals surface area contributed by atoms with Crippen LogP contribution in [0.2, 0.25) is 0 Å². The van der Waals surface area contributed by atoms with Crippen molar-refractivity contribution in [2.24, 2.45) is 11.7 Å². The monoisotopic (exact) mass is 317 g/mol. The van der Waals surface area contributed by atoms with E-state index in [9.17, 15) is 5.11 Å². The summed E-state index contributed by atoms with van der Waals surface area (Å²) in [6.07, 6.45) is 0.732. The summed E-state index contributed by atoms with van der Waals surface area (Å²) in [6, 6.07) is 7.72. The number of halogens is 1. The Balaban J connectivity index is 0.00000200. The molecule has 0 amide bonds. The maximum Gasteiger partial charge on any atom is 0.119 e. The van der Waals surface area contributed by atoms with Gasteiger partial charge in [0.1, 0.15) is 5.75 Å². The number of ether oxygens (including phenoxy) is 1. The summed E-state index contributed by atoms with van der Waals surface area (Å²) in [5.74, 6) is 2.65. The lowest BCUT2D eigenvalue weighted by atomic mass is 9.71. The predicted octanol–water partition coefficient (Wildman–Crippen LogP) is 2.80. The van der Waals surface area contributed by atoms with Gasteiger partial charge in [0.25, 0.3) is 0 Å². The molecule has 3 nitrogen and oxygen atoms in total. The zero-order valence-electron chi connectivity index (χ0n) is 12.3. The van der Waals surface area contributed by atoms with Crippen molar-refractivity contribution in [3.8, 4) is 5.75 Å². The Morgan fingerprint density at radius 3 is 2.75 bits per heavy atom. The van der Waals surface area contributed by atoms with Crippen molar-refractivity contribution in [2.45, 2.75) is 31.4 Å². The quantitative estimate of drug-likeness (QED) is 0.900. The first-order chi connectivity index (χ1) is 8.88. The highest BCUT2D eigenvalue weighted by Gasteiger charge is 2.46. The van der Waals surface area contributed by atoms with Crippen molar-refractivity contribution < 1.29 is 9.84 Å². The van der Waals surface area contributed by atoms with Gasteiger partial charge >= 0.3 is 0 Å². The second-order valence-corrected chi connectivity index (χ2v) is 7.00. The van der Waals surface area contributed by atoms with Gasteiger partial charge < -0.3 is 15.6 Å². The van der Waals surface area contributed by atoms with Crippen molar-refractivity contribution >= 4 is 24.2 Å². The van der Waals surface area contributed by atoms with Crippen LogP contribution in [0.25, 0.3) is 0 Å². The molecule has 1 heterocycles. The lowest BCUT2D eigenvalue weighted by Gasteiger charge is -2.46. The molecular formula is C15H24ClNO2S. The lowest BCUT2D eigenvalue weighted by Crippen LogP contribution is -2.55. The number of benzene rings is 1. The van der Waals surface area contributed by atoms with E-state index in [-0.39, 0.29) is 18.3 Å². The first-order valence-corrected chi connectivity index (χ1v) is 7.77. The van der Waals surface area contributed by atoms with Gasteiger partial charge in [0.2, 0.25) is 0 Å². The molecule has 1 aromatic carbocycles. The highest BCUT2D eigenvalue weighted by atomic mass is 35.5. The number of hydrogen-bond donors (Lipinski definition) is 2.